The molecule has 8 heteroatoms. The van der Waals surface area contributed by atoms with Gasteiger partial charge < -0.3 is 10.2 Å². The summed E-state index contributed by atoms with van der Waals surface area (Å²) in [4.78, 5) is 15.0. The zero-order chi connectivity index (χ0) is 19.1. The van der Waals surface area contributed by atoms with Gasteiger partial charge in [0.2, 0.25) is 17.8 Å². The summed E-state index contributed by atoms with van der Waals surface area (Å²) in [6.45, 7) is 0.623. The minimum atomic E-state index is 0.371. The van der Waals surface area contributed by atoms with Gasteiger partial charge >= 0.3 is 0 Å². The van der Waals surface area contributed by atoms with Gasteiger partial charge in [0.25, 0.3) is 0 Å². The molecule has 0 spiro atoms. The van der Waals surface area contributed by atoms with Crippen molar-refractivity contribution in [1.82, 2.24) is 15.0 Å². The van der Waals surface area contributed by atoms with E-state index in [0.717, 1.165) is 15.6 Å². The van der Waals surface area contributed by atoms with Crippen molar-refractivity contribution in [2.75, 3.05) is 29.7 Å². The highest BCUT2D eigenvalue weighted by molar-refractivity contribution is 9.10. The van der Waals surface area contributed by atoms with Gasteiger partial charge in [-0.2, -0.15) is 20.1 Å². The average Bonchev–Trinajstić information content (AvgIpc) is 2.67. The van der Waals surface area contributed by atoms with E-state index in [1.807, 2.05) is 73.6 Å². The van der Waals surface area contributed by atoms with E-state index >= 15 is 0 Å². The molecule has 2 N–H and O–H groups in total. The Morgan fingerprint density at radius 3 is 2.52 bits per heavy atom. The normalized spacial score (nSPS) is 10.8. The first-order valence-electron chi connectivity index (χ1n) is 8.36. The Bertz CT molecular complexity index is 913. The quantitative estimate of drug-likeness (QED) is 0.443. The van der Waals surface area contributed by atoms with Gasteiger partial charge in [-0.15, -0.1) is 0 Å². The third kappa shape index (κ3) is 5.75. The Morgan fingerprint density at radius 1 is 1.00 bits per heavy atom. The van der Waals surface area contributed by atoms with Crippen LogP contribution in [0.4, 0.5) is 17.8 Å². The van der Waals surface area contributed by atoms with Crippen molar-refractivity contribution in [3.63, 3.8) is 0 Å². The SMILES string of the molecule is CN(C)c1nc(NCc2ccccc2)nc(N/N=C\c2cccc(Br)c2)n1. The number of nitrogens with one attached hydrogen (secondary N) is 2. The summed E-state index contributed by atoms with van der Waals surface area (Å²) >= 11 is 3.44. The second kappa shape index (κ2) is 9.09. The number of rotatable bonds is 7. The van der Waals surface area contributed by atoms with Crippen molar-refractivity contribution in [3.05, 3.63) is 70.2 Å². The number of benzene rings is 2. The molecule has 0 bridgehead atoms. The molecule has 2 aromatic carbocycles. The third-order valence-corrected chi connectivity index (χ3v) is 4.04. The molecule has 0 atom stereocenters. The number of hydrogen-bond donors (Lipinski definition) is 2. The van der Waals surface area contributed by atoms with Gasteiger partial charge in [0.1, 0.15) is 0 Å². The number of anilines is 3. The molecule has 3 aromatic rings. The highest BCUT2D eigenvalue weighted by atomic mass is 79.9. The molecule has 0 radical (unpaired) electrons. The maximum atomic E-state index is 4.42. The fourth-order valence-corrected chi connectivity index (χ4v) is 2.64. The van der Waals surface area contributed by atoms with E-state index in [4.69, 9.17) is 0 Å². The molecule has 0 aliphatic rings. The Morgan fingerprint density at radius 2 is 1.78 bits per heavy atom. The summed E-state index contributed by atoms with van der Waals surface area (Å²) in [5, 5.41) is 7.44. The Kier molecular flexibility index (Phi) is 6.32. The van der Waals surface area contributed by atoms with Gasteiger partial charge in [0.05, 0.1) is 6.21 Å². The number of nitrogens with zero attached hydrogens (tertiary/aromatic N) is 5. The predicted octanol–water partition coefficient (Wildman–Crippen LogP) is 3.76. The van der Waals surface area contributed by atoms with Crippen molar-refractivity contribution in [3.8, 4) is 0 Å². The second-order valence-electron chi connectivity index (χ2n) is 5.94. The first kappa shape index (κ1) is 18.8. The number of hydrogen-bond acceptors (Lipinski definition) is 7. The van der Waals surface area contributed by atoms with Gasteiger partial charge in [-0.05, 0) is 23.3 Å². The maximum Gasteiger partial charge on any atom is 0.250 e. The first-order valence-corrected chi connectivity index (χ1v) is 9.15. The number of halogens is 1. The molecule has 1 heterocycles. The van der Waals surface area contributed by atoms with Crippen LogP contribution in [-0.4, -0.2) is 35.3 Å². The van der Waals surface area contributed by atoms with Gasteiger partial charge in [-0.3, -0.25) is 0 Å². The van der Waals surface area contributed by atoms with Crippen LogP contribution in [0.15, 0.2) is 64.2 Å². The predicted molar refractivity (Wildman–Crippen MR) is 113 cm³/mol. The molecule has 0 unspecified atom stereocenters. The van der Waals surface area contributed by atoms with Gasteiger partial charge in [0.15, 0.2) is 0 Å². The van der Waals surface area contributed by atoms with Crippen LogP contribution in [0.3, 0.4) is 0 Å². The Hall–Kier alpha value is -3.00. The van der Waals surface area contributed by atoms with Gasteiger partial charge in [-0.1, -0.05) is 58.4 Å². The minimum absolute atomic E-state index is 0.371. The fraction of sp³-hybridized carbons (Fsp3) is 0.158. The summed E-state index contributed by atoms with van der Waals surface area (Å²) < 4.78 is 0.994. The van der Waals surface area contributed by atoms with Crippen LogP contribution in [-0.2, 0) is 6.54 Å². The summed E-state index contributed by atoms with van der Waals surface area (Å²) in [7, 11) is 3.76. The van der Waals surface area contributed by atoms with Gasteiger partial charge in [0, 0.05) is 25.1 Å². The standard InChI is InChI=1S/C19H20BrN7/c1-27(2)19-24-17(21-12-14-7-4-3-5-8-14)23-18(25-19)26-22-13-15-9-6-10-16(20)11-15/h3-11,13H,12H2,1-2H3,(H2,21,23,24,25,26)/b22-13-. The Balaban J connectivity index is 1.72. The van der Waals surface area contributed by atoms with Gasteiger partial charge in [-0.25, -0.2) is 5.43 Å². The monoisotopic (exact) mass is 425 g/mol. The highest BCUT2D eigenvalue weighted by Gasteiger charge is 2.07. The largest absolute Gasteiger partial charge is 0.350 e. The minimum Gasteiger partial charge on any atom is -0.350 e. The summed E-state index contributed by atoms with van der Waals surface area (Å²) in [5.41, 5.74) is 4.98. The lowest BCUT2D eigenvalue weighted by Gasteiger charge is -2.13. The Labute approximate surface area is 166 Å². The molecule has 7 nitrogen and oxygen atoms in total. The second-order valence-corrected chi connectivity index (χ2v) is 6.86. The van der Waals surface area contributed by atoms with Crippen molar-refractivity contribution in [2.24, 2.45) is 5.10 Å². The lowest BCUT2D eigenvalue weighted by Crippen LogP contribution is -2.16. The van der Waals surface area contributed by atoms with Crippen LogP contribution in [0.25, 0.3) is 0 Å². The average molecular weight is 426 g/mol. The summed E-state index contributed by atoms with van der Waals surface area (Å²) in [5.74, 6) is 1.40. The van der Waals surface area contributed by atoms with E-state index in [9.17, 15) is 0 Å². The summed E-state index contributed by atoms with van der Waals surface area (Å²) in [6, 6.07) is 17.9. The topological polar surface area (TPSA) is 78.3 Å². The molecule has 0 saturated heterocycles. The highest BCUT2D eigenvalue weighted by Crippen LogP contribution is 2.13. The van der Waals surface area contributed by atoms with E-state index in [0.29, 0.717) is 24.4 Å². The van der Waals surface area contributed by atoms with E-state index in [2.05, 4.69) is 46.7 Å². The van der Waals surface area contributed by atoms with Crippen LogP contribution >= 0.6 is 15.9 Å². The smallest absolute Gasteiger partial charge is 0.250 e. The molecule has 0 amide bonds. The zero-order valence-corrected chi connectivity index (χ0v) is 16.7. The molecule has 0 fully saturated rings. The van der Waals surface area contributed by atoms with Crippen LogP contribution in [0, 0.1) is 0 Å². The fourth-order valence-electron chi connectivity index (χ4n) is 2.22. The third-order valence-electron chi connectivity index (χ3n) is 3.54. The lowest BCUT2D eigenvalue weighted by molar-refractivity contribution is 0.940. The first-order chi connectivity index (χ1) is 13.1. The van der Waals surface area contributed by atoms with Crippen LogP contribution in [0.5, 0.6) is 0 Å². The number of hydrazone groups is 1. The number of aromatic nitrogens is 3. The van der Waals surface area contributed by atoms with Crippen molar-refractivity contribution >= 4 is 40.0 Å². The van der Waals surface area contributed by atoms with Crippen LogP contribution in [0.1, 0.15) is 11.1 Å². The molecule has 27 heavy (non-hydrogen) atoms. The molecule has 0 aliphatic carbocycles. The molecule has 1 aromatic heterocycles. The van der Waals surface area contributed by atoms with Crippen LogP contribution < -0.4 is 15.6 Å². The summed E-state index contributed by atoms with van der Waals surface area (Å²) in [6.07, 6.45) is 1.71. The molecule has 138 valence electrons. The molecular formula is C19H20BrN7. The van der Waals surface area contributed by atoms with E-state index < -0.39 is 0 Å². The van der Waals surface area contributed by atoms with Crippen molar-refractivity contribution in [1.29, 1.82) is 0 Å². The lowest BCUT2D eigenvalue weighted by atomic mass is 10.2. The van der Waals surface area contributed by atoms with E-state index in [1.165, 1.54) is 0 Å². The van der Waals surface area contributed by atoms with Crippen LogP contribution in [0.2, 0.25) is 0 Å². The molecule has 0 aliphatic heterocycles. The van der Waals surface area contributed by atoms with Crippen molar-refractivity contribution in [2.45, 2.75) is 6.54 Å². The maximum absolute atomic E-state index is 4.42. The zero-order valence-electron chi connectivity index (χ0n) is 15.1. The molecular weight excluding hydrogens is 406 g/mol. The van der Waals surface area contributed by atoms with Crippen molar-refractivity contribution < 1.29 is 0 Å². The van der Waals surface area contributed by atoms with E-state index in [1.54, 1.807) is 6.21 Å². The molecule has 0 saturated carbocycles. The molecule has 3 rings (SSSR count). The van der Waals surface area contributed by atoms with E-state index in [-0.39, 0.29) is 0 Å².